The van der Waals surface area contributed by atoms with Crippen molar-refractivity contribution in [2.75, 3.05) is 26.2 Å². The van der Waals surface area contributed by atoms with E-state index in [9.17, 15) is 13.2 Å². The normalized spacial score (nSPS) is 16.5. The molecule has 0 bridgehead atoms. The largest absolute Gasteiger partial charge is 0.465 e. The number of amides is 1. The summed E-state index contributed by atoms with van der Waals surface area (Å²) >= 11 is 0. The van der Waals surface area contributed by atoms with Gasteiger partial charge in [0.2, 0.25) is 15.9 Å². The highest BCUT2D eigenvalue weighted by Gasteiger charge is 2.26. The Kier molecular flexibility index (Phi) is 5.70. The van der Waals surface area contributed by atoms with E-state index in [0.717, 1.165) is 5.56 Å². The molecular formula is C19H20N2O4S. The lowest BCUT2D eigenvalue weighted by atomic mass is 10.2. The van der Waals surface area contributed by atoms with Gasteiger partial charge in [-0.25, -0.2) is 8.42 Å². The van der Waals surface area contributed by atoms with Crippen molar-refractivity contribution in [3.63, 3.8) is 0 Å². The lowest BCUT2D eigenvalue weighted by molar-refractivity contribution is -0.127. The van der Waals surface area contributed by atoms with E-state index >= 15 is 0 Å². The smallest absolute Gasteiger partial charge is 0.246 e. The van der Waals surface area contributed by atoms with Gasteiger partial charge in [-0.15, -0.1) is 0 Å². The molecule has 6 nitrogen and oxygen atoms in total. The molecule has 1 aliphatic rings. The predicted octanol–water partition coefficient (Wildman–Crippen LogP) is 2.44. The highest BCUT2D eigenvalue weighted by atomic mass is 32.2. The third-order valence-electron chi connectivity index (χ3n) is 4.08. The summed E-state index contributed by atoms with van der Waals surface area (Å²) in [4.78, 5) is 13.8. The van der Waals surface area contributed by atoms with Crippen LogP contribution < -0.4 is 0 Å². The van der Waals surface area contributed by atoms with Crippen molar-refractivity contribution in [1.82, 2.24) is 9.21 Å². The van der Waals surface area contributed by atoms with Gasteiger partial charge in [-0.1, -0.05) is 30.3 Å². The number of benzene rings is 1. The average Bonchev–Trinajstić information content (AvgIpc) is 3.19. The van der Waals surface area contributed by atoms with Crippen molar-refractivity contribution in [2.45, 2.75) is 0 Å². The highest BCUT2D eigenvalue weighted by molar-refractivity contribution is 7.92. The standard InChI is InChI=1S/C19H20N2O4S/c22-19(9-8-18-7-4-15-25-18)20-11-13-21(14-12-20)26(23,24)16-10-17-5-2-1-3-6-17/h1-10,15-16H,11-14H2/b9-8-,16-10+. The van der Waals surface area contributed by atoms with E-state index in [1.807, 2.05) is 30.3 Å². The van der Waals surface area contributed by atoms with E-state index in [1.54, 1.807) is 29.2 Å². The van der Waals surface area contributed by atoms with E-state index in [2.05, 4.69) is 0 Å². The second-order valence-corrected chi connectivity index (χ2v) is 7.65. The molecule has 26 heavy (non-hydrogen) atoms. The monoisotopic (exact) mass is 372 g/mol. The molecule has 1 aromatic heterocycles. The minimum atomic E-state index is -3.50. The van der Waals surface area contributed by atoms with Crippen LogP contribution in [0.15, 0.2) is 64.6 Å². The SMILES string of the molecule is O=C(/C=C\c1ccco1)N1CCN(S(=O)(=O)/C=C/c2ccccc2)CC1. The lowest BCUT2D eigenvalue weighted by Gasteiger charge is -2.32. The molecule has 1 amide bonds. The first kappa shape index (κ1) is 18.2. The van der Waals surface area contributed by atoms with Gasteiger partial charge in [-0.05, 0) is 29.8 Å². The number of sulfonamides is 1. The van der Waals surface area contributed by atoms with Crippen molar-refractivity contribution < 1.29 is 17.6 Å². The topological polar surface area (TPSA) is 70.8 Å². The second-order valence-electron chi connectivity index (χ2n) is 5.83. The summed E-state index contributed by atoms with van der Waals surface area (Å²) in [6, 6.07) is 12.8. The number of hydrogen-bond acceptors (Lipinski definition) is 4. The van der Waals surface area contributed by atoms with Crippen molar-refractivity contribution in [2.24, 2.45) is 0 Å². The Morgan fingerprint density at radius 1 is 0.962 bits per heavy atom. The number of rotatable bonds is 5. The summed E-state index contributed by atoms with van der Waals surface area (Å²) < 4.78 is 31.4. The molecule has 2 aromatic rings. The Morgan fingerprint density at radius 3 is 2.35 bits per heavy atom. The zero-order valence-electron chi connectivity index (χ0n) is 14.2. The summed E-state index contributed by atoms with van der Waals surface area (Å²) in [5, 5.41) is 1.22. The molecule has 0 saturated carbocycles. The fraction of sp³-hybridized carbons (Fsp3) is 0.211. The minimum Gasteiger partial charge on any atom is -0.465 e. The Morgan fingerprint density at radius 2 is 1.69 bits per heavy atom. The van der Waals surface area contributed by atoms with Gasteiger partial charge in [0.05, 0.1) is 6.26 Å². The van der Waals surface area contributed by atoms with Gasteiger partial charge >= 0.3 is 0 Å². The van der Waals surface area contributed by atoms with Gasteiger partial charge < -0.3 is 9.32 Å². The van der Waals surface area contributed by atoms with Crippen LogP contribution in [0.5, 0.6) is 0 Å². The maximum absolute atomic E-state index is 12.4. The van der Waals surface area contributed by atoms with Crippen molar-refractivity contribution >= 4 is 28.1 Å². The van der Waals surface area contributed by atoms with Gasteiger partial charge in [0.15, 0.2) is 0 Å². The number of nitrogens with zero attached hydrogens (tertiary/aromatic N) is 2. The van der Waals surface area contributed by atoms with Crippen LogP contribution in [0.3, 0.4) is 0 Å². The van der Waals surface area contributed by atoms with E-state index < -0.39 is 10.0 Å². The zero-order valence-corrected chi connectivity index (χ0v) is 15.0. The predicted molar refractivity (Wildman–Crippen MR) is 100 cm³/mol. The van der Waals surface area contributed by atoms with Crippen molar-refractivity contribution in [3.05, 3.63) is 71.5 Å². The molecule has 2 heterocycles. The third kappa shape index (κ3) is 4.71. The Bertz CT molecular complexity index is 879. The van der Waals surface area contributed by atoms with E-state index in [4.69, 9.17) is 4.42 Å². The second kappa shape index (κ2) is 8.16. The van der Waals surface area contributed by atoms with Crippen molar-refractivity contribution in [1.29, 1.82) is 0 Å². The molecule has 0 unspecified atom stereocenters. The van der Waals surface area contributed by atoms with Crippen LogP contribution in [0.4, 0.5) is 0 Å². The maximum atomic E-state index is 12.4. The van der Waals surface area contributed by atoms with Gasteiger partial charge in [0.25, 0.3) is 0 Å². The third-order valence-corrected chi connectivity index (χ3v) is 5.64. The van der Waals surface area contributed by atoms with Crippen LogP contribution >= 0.6 is 0 Å². The van der Waals surface area contributed by atoms with E-state index in [1.165, 1.54) is 22.1 Å². The zero-order chi connectivity index (χ0) is 18.4. The Labute approximate surface area is 153 Å². The molecular weight excluding hydrogens is 352 g/mol. The number of carbonyl (C=O) groups is 1. The summed E-state index contributed by atoms with van der Waals surface area (Å²) in [6.07, 6.45) is 6.17. The summed E-state index contributed by atoms with van der Waals surface area (Å²) in [6.45, 7) is 1.28. The summed E-state index contributed by atoms with van der Waals surface area (Å²) in [7, 11) is -3.50. The van der Waals surface area contributed by atoms with Crippen LogP contribution in [-0.4, -0.2) is 49.7 Å². The fourth-order valence-electron chi connectivity index (χ4n) is 2.62. The maximum Gasteiger partial charge on any atom is 0.246 e. The molecule has 7 heteroatoms. The molecule has 1 aliphatic heterocycles. The fourth-order valence-corrected chi connectivity index (χ4v) is 3.80. The van der Waals surface area contributed by atoms with Crippen LogP contribution in [0.25, 0.3) is 12.2 Å². The lowest BCUT2D eigenvalue weighted by Crippen LogP contribution is -2.49. The van der Waals surface area contributed by atoms with Crippen LogP contribution in [-0.2, 0) is 14.8 Å². The molecule has 0 radical (unpaired) electrons. The molecule has 3 rings (SSSR count). The molecule has 1 saturated heterocycles. The first-order valence-electron chi connectivity index (χ1n) is 8.28. The highest BCUT2D eigenvalue weighted by Crippen LogP contribution is 2.12. The van der Waals surface area contributed by atoms with Gasteiger partial charge in [-0.3, -0.25) is 4.79 Å². The van der Waals surface area contributed by atoms with E-state index in [0.29, 0.717) is 18.8 Å². The van der Waals surface area contributed by atoms with Gasteiger partial charge in [0.1, 0.15) is 5.76 Å². The number of carbonyl (C=O) groups excluding carboxylic acids is 1. The molecule has 0 aliphatic carbocycles. The molecule has 0 spiro atoms. The average molecular weight is 372 g/mol. The van der Waals surface area contributed by atoms with E-state index in [-0.39, 0.29) is 19.0 Å². The number of piperazine rings is 1. The quantitative estimate of drug-likeness (QED) is 0.756. The Hall–Kier alpha value is -2.64. The number of furan rings is 1. The molecule has 0 atom stereocenters. The first-order chi connectivity index (χ1) is 12.5. The van der Waals surface area contributed by atoms with Crippen LogP contribution in [0.1, 0.15) is 11.3 Å². The molecule has 0 N–H and O–H groups in total. The van der Waals surface area contributed by atoms with Gasteiger partial charge in [-0.2, -0.15) is 4.31 Å². The molecule has 1 aromatic carbocycles. The first-order valence-corrected chi connectivity index (χ1v) is 9.79. The van der Waals surface area contributed by atoms with Gasteiger partial charge in [0, 0.05) is 37.7 Å². The molecule has 136 valence electrons. The van der Waals surface area contributed by atoms with Crippen LogP contribution in [0.2, 0.25) is 0 Å². The molecule has 1 fully saturated rings. The van der Waals surface area contributed by atoms with Crippen molar-refractivity contribution in [3.8, 4) is 0 Å². The minimum absolute atomic E-state index is 0.154. The summed E-state index contributed by atoms with van der Waals surface area (Å²) in [5.41, 5.74) is 0.827. The Balaban J connectivity index is 1.55. The number of hydrogen-bond donors (Lipinski definition) is 0. The van der Waals surface area contributed by atoms with Crippen LogP contribution in [0, 0.1) is 0 Å². The summed E-state index contributed by atoms with van der Waals surface area (Å²) in [5.74, 6) is 0.448.